The van der Waals surface area contributed by atoms with Gasteiger partial charge in [-0.2, -0.15) is 0 Å². The first kappa shape index (κ1) is 19.6. The lowest BCUT2D eigenvalue weighted by Crippen LogP contribution is -2.52. The van der Waals surface area contributed by atoms with Gasteiger partial charge in [-0.25, -0.2) is 17.2 Å². The van der Waals surface area contributed by atoms with Crippen LogP contribution < -0.4 is 5.73 Å². The first-order chi connectivity index (χ1) is 11.2. The minimum absolute atomic E-state index is 0.125. The molecule has 7 nitrogen and oxygen atoms in total. The van der Waals surface area contributed by atoms with Crippen molar-refractivity contribution in [2.24, 2.45) is 16.6 Å². The van der Waals surface area contributed by atoms with E-state index in [1.54, 1.807) is 0 Å². The number of hydrogen-bond donors (Lipinski definition) is 1. The van der Waals surface area contributed by atoms with Crippen LogP contribution in [0.1, 0.15) is 26.3 Å². The largest absolute Gasteiger partial charge is 0.378 e. The molecular formula is C14H17F2N3O4S2. The number of halogens is 2. The van der Waals surface area contributed by atoms with Crippen LogP contribution in [0.3, 0.4) is 0 Å². The second-order valence-electron chi connectivity index (χ2n) is 6.26. The van der Waals surface area contributed by atoms with E-state index in [1.165, 1.54) is 20.8 Å². The van der Waals surface area contributed by atoms with Gasteiger partial charge in [0.1, 0.15) is 4.08 Å². The molecule has 2 N–H and O–H groups in total. The standard InChI is InChI=1S/C14H17F2N3O4S2/c1-7-13(2,18-12(17)24-14(7,3)25(4,22)23)9-5-8(19(20)21)6-10(15)11(9)16/h5-7H,1-4H3,(H2,17,18)/t7?,13-,14+/m0/s1. The Kier molecular flexibility index (Phi) is 4.62. The summed E-state index contributed by atoms with van der Waals surface area (Å²) in [6.45, 7) is 4.32. The molecule has 0 bridgehead atoms. The molecule has 0 saturated carbocycles. The molecule has 11 heteroatoms. The second-order valence-corrected chi connectivity index (χ2v) is 10.4. The van der Waals surface area contributed by atoms with Crippen LogP contribution in [0.5, 0.6) is 0 Å². The lowest BCUT2D eigenvalue weighted by molar-refractivity contribution is -0.385. The smallest absolute Gasteiger partial charge is 0.272 e. The molecule has 1 unspecified atom stereocenters. The molecule has 138 valence electrons. The summed E-state index contributed by atoms with van der Waals surface area (Å²) in [6.07, 6.45) is 1.01. The molecule has 0 fully saturated rings. The number of nitro benzene ring substituents is 1. The number of hydrogen-bond acceptors (Lipinski definition) is 7. The third-order valence-electron chi connectivity index (χ3n) is 4.78. The fourth-order valence-electron chi connectivity index (χ4n) is 2.89. The van der Waals surface area contributed by atoms with Crippen LogP contribution in [0.25, 0.3) is 0 Å². The Morgan fingerprint density at radius 1 is 1.36 bits per heavy atom. The van der Waals surface area contributed by atoms with Gasteiger partial charge in [0.15, 0.2) is 26.6 Å². The quantitative estimate of drug-likeness (QED) is 0.623. The third-order valence-corrected chi connectivity index (χ3v) is 8.83. The van der Waals surface area contributed by atoms with Crippen LogP contribution in [0.15, 0.2) is 17.1 Å². The normalized spacial score (nSPS) is 30.0. The van der Waals surface area contributed by atoms with Crippen molar-refractivity contribution in [3.05, 3.63) is 39.4 Å². The van der Waals surface area contributed by atoms with Crippen LogP contribution >= 0.6 is 11.8 Å². The van der Waals surface area contributed by atoms with Gasteiger partial charge in [0, 0.05) is 23.8 Å². The van der Waals surface area contributed by atoms with Crippen molar-refractivity contribution in [3.8, 4) is 0 Å². The summed E-state index contributed by atoms with van der Waals surface area (Å²) >= 11 is 0.811. The van der Waals surface area contributed by atoms with Crippen LogP contribution in [0, 0.1) is 27.7 Å². The molecule has 25 heavy (non-hydrogen) atoms. The predicted octanol–water partition coefficient (Wildman–Crippen LogP) is 2.55. The highest BCUT2D eigenvalue weighted by molar-refractivity contribution is 8.23. The molecule has 3 atom stereocenters. The van der Waals surface area contributed by atoms with Gasteiger partial charge >= 0.3 is 0 Å². The Labute approximate surface area is 147 Å². The molecule has 0 radical (unpaired) electrons. The molecule has 0 saturated heterocycles. The minimum Gasteiger partial charge on any atom is -0.378 e. The number of non-ortho nitro benzene ring substituents is 1. The highest BCUT2D eigenvalue weighted by atomic mass is 32.3. The average Bonchev–Trinajstić information content (AvgIpc) is 2.45. The summed E-state index contributed by atoms with van der Waals surface area (Å²) < 4.78 is 51.5. The molecule has 1 aromatic rings. The van der Waals surface area contributed by atoms with Crippen LogP contribution in [0.4, 0.5) is 14.5 Å². The zero-order valence-electron chi connectivity index (χ0n) is 13.9. The van der Waals surface area contributed by atoms with Gasteiger partial charge < -0.3 is 5.73 Å². The zero-order chi connectivity index (χ0) is 19.4. The first-order valence-corrected chi connectivity index (χ1v) is 9.82. The molecular weight excluding hydrogens is 376 g/mol. The Balaban J connectivity index is 2.81. The van der Waals surface area contributed by atoms with Gasteiger partial charge in [0.05, 0.1) is 16.5 Å². The van der Waals surface area contributed by atoms with E-state index in [0.29, 0.717) is 6.07 Å². The highest BCUT2D eigenvalue weighted by Gasteiger charge is 2.55. The van der Waals surface area contributed by atoms with Gasteiger partial charge in [-0.1, -0.05) is 18.7 Å². The Bertz CT molecular complexity index is 890. The zero-order valence-corrected chi connectivity index (χ0v) is 15.5. The summed E-state index contributed by atoms with van der Waals surface area (Å²) in [6, 6.07) is 1.33. The highest BCUT2D eigenvalue weighted by Crippen LogP contribution is 2.52. The second kappa shape index (κ2) is 5.90. The summed E-state index contributed by atoms with van der Waals surface area (Å²) in [5.41, 5.74) is 3.09. The maximum atomic E-state index is 14.5. The van der Waals surface area contributed by atoms with Crippen LogP contribution in [-0.2, 0) is 15.4 Å². The maximum absolute atomic E-state index is 14.5. The van der Waals surface area contributed by atoms with E-state index in [2.05, 4.69) is 4.99 Å². The molecule has 0 spiro atoms. The Morgan fingerprint density at radius 3 is 2.40 bits per heavy atom. The Hall–Kier alpha value is -1.75. The minimum atomic E-state index is -3.68. The molecule has 2 rings (SSSR count). The van der Waals surface area contributed by atoms with E-state index in [1.807, 2.05) is 0 Å². The van der Waals surface area contributed by atoms with Crippen LogP contribution in [0.2, 0.25) is 0 Å². The van der Waals surface area contributed by atoms with Gasteiger partial charge in [-0.05, 0) is 13.8 Å². The number of benzene rings is 1. The number of nitrogens with two attached hydrogens (primary N) is 1. The van der Waals surface area contributed by atoms with Gasteiger partial charge in [-0.15, -0.1) is 0 Å². The van der Waals surface area contributed by atoms with Crippen molar-refractivity contribution < 1.29 is 22.1 Å². The molecule has 0 aromatic heterocycles. The maximum Gasteiger partial charge on any atom is 0.272 e. The summed E-state index contributed by atoms with van der Waals surface area (Å²) in [5, 5.41) is 10.9. The number of sulfone groups is 1. The number of rotatable bonds is 3. The van der Waals surface area contributed by atoms with Crippen molar-refractivity contribution in [2.45, 2.75) is 30.4 Å². The fourth-order valence-corrected chi connectivity index (χ4v) is 5.68. The van der Waals surface area contributed by atoms with E-state index in [0.717, 1.165) is 24.1 Å². The monoisotopic (exact) mass is 393 g/mol. The topological polar surface area (TPSA) is 116 Å². The first-order valence-electron chi connectivity index (χ1n) is 7.12. The van der Waals surface area contributed by atoms with Gasteiger partial charge in [0.2, 0.25) is 0 Å². The van der Waals surface area contributed by atoms with E-state index < -0.39 is 53.2 Å². The molecule has 1 aliphatic heterocycles. The molecule has 1 heterocycles. The van der Waals surface area contributed by atoms with E-state index in [9.17, 15) is 27.3 Å². The van der Waals surface area contributed by atoms with E-state index >= 15 is 0 Å². The molecule has 1 aliphatic rings. The predicted molar refractivity (Wildman–Crippen MR) is 92.0 cm³/mol. The number of amidine groups is 1. The number of nitro groups is 1. The molecule has 0 amide bonds. The molecule has 0 aliphatic carbocycles. The van der Waals surface area contributed by atoms with E-state index in [4.69, 9.17) is 5.73 Å². The lowest BCUT2D eigenvalue weighted by Gasteiger charge is -2.46. The number of thioether (sulfide) groups is 1. The Morgan fingerprint density at radius 2 is 1.92 bits per heavy atom. The number of nitrogens with zero attached hydrogens (tertiary/aromatic N) is 2. The van der Waals surface area contributed by atoms with Crippen molar-refractivity contribution in [3.63, 3.8) is 0 Å². The fraction of sp³-hybridized carbons (Fsp3) is 0.500. The summed E-state index contributed by atoms with van der Waals surface area (Å²) in [5.74, 6) is -3.59. The van der Waals surface area contributed by atoms with Gasteiger partial charge in [0.25, 0.3) is 5.69 Å². The van der Waals surface area contributed by atoms with Crippen molar-refractivity contribution in [1.82, 2.24) is 0 Å². The van der Waals surface area contributed by atoms with Crippen molar-refractivity contribution >= 4 is 32.5 Å². The number of aliphatic imine (C=N–C) groups is 1. The SMILES string of the molecule is CC1[C@@](C)(S(C)(=O)=O)SC(N)=N[C@]1(C)c1cc([N+](=O)[O-])cc(F)c1F. The third kappa shape index (κ3) is 2.99. The average molecular weight is 393 g/mol. The van der Waals surface area contributed by atoms with E-state index in [-0.39, 0.29) is 5.17 Å². The van der Waals surface area contributed by atoms with Crippen LogP contribution in [-0.4, -0.2) is 28.8 Å². The lowest BCUT2D eigenvalue weighted by atomic mass is 9.78. The summed E-state index contributed by atoms with van der Waals surface area (Å²) in [7, 11) is -3.68. The van der Waals surface area contributed by atoms with Gasteiger partial charge in [-0.3, -0.25) is 15.1 Å². The molecule has 1 aromatic carbocycles. The van der Waals surface area contributed by atoms with Crippen molar-refractivity contribution in [1.29, 1.82) is 0 Å². The summed E-state index contributed by atoms with van der Waals surface area (Å²) in [4.78, 5) is 14.3. The van der Waals surface area contributed by atoms with Crippen molar-refractivity contribution in [2.75, 3.05) is 6.26 Å².